The summed E-state index contributed by atoms with van der Waals surface area (Å²) in [7, 11) is 0. The van der Waals surface area contributed by atoms with Crippen molar-refractivity contribution in [2.45, 2.75) is 58.9 Å². The van der Waals surface area contributed by atoms with Crippen molar-refractivity contribution in [3.63, 3.8) is 0 Å². The summed E-state index contributed by atoms with van der Waals surface area (Å²) in [6.45, 7) is 8.91. The standard InChI is InChI=1S/C17H26ClNO/c1-11(2)15-6-5-12(3)7-16(15)20-17-9-14(10-18)8-13(4)19-17/h8-9,11-12,15-16H,5-7,10H2,1-4H3. The largest absolute Gasteiger partial charge is 0.474 e. The van der Waals surface area contributed by atoms with Gasteiger partial charge in [0.2, 0.25) is 5.88 Å². The minimum atomic E-state index is 0.288. The second kappa shape index (κ2) is 6.80. The van der Waals surface area contributed by atoms with Crippen molar-refractivity contribution in [2.24, 2.45) is 17.8 Å². The fourth-order valence-corrected chi connectivity index (χ4v) is 3.40. The topological polar surface area (TPSA) is 22.1 Å². The maximum Gasteiger partial charge on any atom is 0.214 e. The van der Waals surface area contributed by atoms with Gasteiger partial charge in [0.05, 0.1) is 0 Å². The Labute approximate surface area is 127 Å². The minimum Gasteiger partial charge on any atom is -0.474 e. The third-order valence-electron chi connectivity index (χ3n) is 4.38. The van der Waals surface area contributed by atoms with Crippen molar-refractivity contribution >= 4 is 11.6 Å². The van der Waals surface area contributed by atoms with Crippen LogP contribution >= 0.6 is 11.6 Å². The first-order valence-electron chi connectivity index (χ1n) is 7.69. The molecule has 0 spiro atoms. The average Bonchev–Trinajstić information content (AvgIpc) is 2.37. The van der Waals surface area contributed by atoms with Gasteiger partial charge < -0.3 is 4.74 Å². The van der Waals surface area contributed by atoms with Crippen LogP contribution in [0.25, 0.3) is 0 Å². The van der Waals surface area contributed by atoms with Crippen LogP contribution in [0.5, 0.6) is 5.88 Å². The highest BCUT2D eigenvalue weighted by atomic mass is 35.5. The molecule has 0 amide bonds. The molecule has 0 bridgehead atoms. The summed E-state index contributed by atoms with van der Waals surface area (Å²) in [5.41, 5.74) is 2.06. The van der Waals surface area contributed by atoms with E-state index in [1.54, 1.807) is 0 Å². The number of aromatic nitrogens is 1. The van der Waals surface area contributed by atoms with Crippen molar-refractivity contribution in [3.05, 3.63) is 23.4 Å². The Kier molecular flexibility index (Phi) is 5.31. The number of hydrogen-bond acceptors (Lipinski definition) is 2. The molecule has 1 aliphatic rings. The molecule has 0 N–H and O–H groups in total. The number of alkyl halides is 1. The van der Waals surface area contributed by atoms with Crippen molar-refractivity contribution < 1.29 is 4.74 Å². The van der Waals surface area contributed by atoms with E-state index in [2.05, 4.69) is 25.8 Å². The van der Waals surface area contributed by atoms with Crippen molar-refractivity contribution in [2.75, 3.05) is 0 Å². The fraction of sp³-hybridized carbons (Fsp3) is 0.706. The first kappa shape index (κ1) is 15.6. The zero-order valence-corrected chi connectivity index (χ0v) is 13.8. The highest BCUT2D eigenvalue weighted by molar-refractivity contribution is 6.17. The van der Waals surface area contributed by atoms with Crippen LogP contribution < -0.4 is 4.74 Å². The fourth-order valence-electron chi connectivity index (χ4n) is 3.25. The predicted octanol–water partition coefficient (Wildman–Crippen LogP) is 4.97. The Bertz CT molecular complexity index is 447. The van der Waals surface area contributed by atoms with E-state index in [-0.39, 0.29) is 6.10 Å². The Morgan fingerprint density at radius 1 is 1.35 bits per heavy atom. The number of pyridine rings is 1. The summed E-state index contributed by atoms with van der Waals surface area (Å²) < 4.78 is 6.25. The third kappa shape index (κ3) is 3.88. The lowest BCUT2D eigenvalue weighted by molar-refractivity contribution is 0.0425. The van der Waals surface area contributed by atoms with Gasteiger partial charge in [-0.15, -0.1) is 11.6 Å². The van der Waals surface area contributed by atoms with Gasteiger partial charge in [0.25, 0.3) is 0 Å². The Morgan fingerprint density at radius 2 is 2.10 bits per heavy atom. The van der Waals surface area contributed by atoms with Gasteiger partial charge in [-0.1, -0.05) is 27.2 Å². The summed E-state index contributed by atoms with van der Waals surface area (Å²) in [4.78, 5) is 4.51. The average molecular weight is 296 g/mol. The maximum absolute atomic E-state index is 6.25. The van der Waals surface area contributed by atoms with E-state index in [0.29, 0.717) is 17.7 Å². The summed E-state index contributed by atoms with van der Waals surface area (Å²) in [5.74, 6) is 3.28. The number of ether oxygens (including phenoxy) is 1. The number of aryl methyl sites for hydroxylation is 1. The molecule has 1 fully saturated rings. The Hall–Kier alpha value is -0.760. The lowest BCUT2D eigenvalue weighted by atomic mass is 9.75. The van der Waals surface area contributed by atoms with Crippen LogP contribution in [-0.4, -0.2) is 11.1 Å². The first-order chi connectivity index (χ1) is 9.49. The number of rotatable bonds is 4. The normalized spacial score (nSPS) is 26.8. The first-order valence-corrected chi connectivity index (χ1v) is 8.23. The molecule has 112 valence electrons. The van der Waals surface area contributed by atoms with Gasteiger partial charge in [0.1, 0.15) is 6.10 Å². The van der Waals surface area contributed by atoms with E-state index in [4.69, 9.17) is 16.3 Å². The molecule has 0 aromatic carbocycles. The molecule has 1 heterocycles. The lowest BCUT2D eigenvalue weighted by Crippen LogP contribution is -2.36. The van der Waals surface area contributed by atoms with Gasteiger partial charge >= 0.3 is 0 Å². The van der Waals surface area contributed by atoms with Crippen molar-refractivity contribution in [3.8, 4) is 5.88 Å². The van der Waals surface area contributed by atoms with Gasteiger partial charge in [-0.2, -0.15) is 0 Å². The number of nitrogens with zero attached hydrogens (tertiary/aromatic N) is 1. The molecule has 1 aromatic rings. The predicted molar refractivity (Wildman–Crippen MR) is 84.3 cm³/mol. The van der Waals surface area contributed by atoms with Crippen LogP contribution in [0, 0.1) is 24.7 Å². The zero-order valence-electron chi connectivity index (χ0n) is 13.0. The molecule has 3 atom stereocenters. The highest BCUT2D eigenvalue weighted by Crippen LogP contribution is 2.35. The lowest BCUT2D eigenvalue weighted by Gasteiger charge is -2.37. The zero-order chi connectivity index (χ0) is 14.7. The maximum atomic E-state index is 6.25. The molecule has 20 heavy (non-hydrogen) atoms. The van der Waals surface area contributed by atoms with Crippen molar-refractivity contribution in [1.82, 2.24) is 4.98 Å². The van der Waals surface area contributed by atoms with Crippen LogP contribution in [0.1, 0.15) is 51.3 Å². The number of halogens is 1. The smallest absolute Gasteiger partial charge is 0.214 e. The Morgan fingerprint density at radius 3 is 2.75 bits per heavy atom. The van der Waals surface area contributed by atoms with E-state index >= 15 is 0 Å². The molecule has 1 saturated carbocycles. The quantitative estimate of drug-likeness (QED) is 0.732. The van der Waals surface area contributed by atoms with Crippen LogP contribution in [0.4, 0.5) is 0 Å². The highest BCUT2D eigenvalue weighted by Gasteiger charge is 2.32. The van der Waals surface area contributed by atoms with Gasteiger partial charge in [-0.25, -0.2) is 4.98 Å². The molecule has 1 aromatic heterocycles. The summed E-state index contributed by atoms with van der Waals surface area (Å²) in [6.07, 6.45) is 4.00. The van der Waals surface area contributed by atoms with E-state index in [1.165, 1.54) is 12.8 Å². The van der Waals surface area contributed by atoms with Crippen molar-refractivity contribution in [1.29, 1.82) is 0 Å². The third-order valence-corrected chi connectivity index (χ3v) is 4.69. The summed E-state index contributed by atoms with van der Waals surface area (Å²) >= 11 is 5.93. The van der Waals surface area contributed by atoms with Crippen LogP contribution in [-0.2, 0) is 5.88 Å². The molecule has 0 radical (unpaired) electrons. The van der Waals surface area contributed by atoms with Crippen LogP contribution in [0.3, 0.4) is 0 Å². The summed E-state index contributed by atoms with van der Waals surface area (Å²) in [6, 6.07) is 4.00. The van der Waals surface area contributed by atoms with Gasteiger partial charge in [-0.3, -0.25) is 0 Å². The molecule has 2 rings (SSSR count). The Balaban J connectivity index is 2.15. The van der Waals surface area contributed by atoms with E-state index in [9.17, 15) is 0 Å². The molecule has 3 unspecified atom stereocenters. The van der Waals surface area contributed by atoms with Crippen LogP contribution in [0.2, 0.25) is 0 Å². The number of hydrogen-bond donors (Lipinski definition) is 0. The van der Waals surface area contributed by atoms with Gasteiger partial charge in [-0.05, 0) is 49.1 Å². The van der Waals surface area contributed by atoms with Gasteiger partial charge in [0.15, 0.2) is 0 Å². The molecule has 0 saturated heterocycles. The summed E-state index contributed by atoms with van der Waals surface area (Å²) in [5, 5.41) is 0. The molecule has 1 aliphatic carbocycles. The van der Waals surface area contributed by atoms with E-state index in [0.717, 1.165) is 29.5 Å². The SMILES string of the molecule is Cc1cc(CCl)cc(OC2CC(C)CCC2C(C)C)n1. The molecule has 0 aliphatic heterocycles. The van der Waals surface area contributed by atoms with Gasteiger partial charge in [0, 0.05) is 17.6 Å². The second-order valence-corrected chi connectivity index (χ2v) is 6.84. The monoisotopic (exact) mass is 295 g/mol. The minimum absolute atomic E-state index is 0.288. The van der Waals surface area contributed by atoms with E-state index in [1.807, 2.05) is 19.1 Å². The molecule has 3 heteroatoms. The van der Waals surface area contributed by atoms with E-state index < -0.39 is 0 Å². The molecular formula is C17H26ClNO. The molecule has 2 nitrogen and oxygen atoms in total. The second-order valence-electron chi connectivity index (χ2n) is 6.57. The molecular weight excluding hydrogens is 270 g/mol. The van der Waals surface area contributed by atoms with Crippen LogP contribution in [0.15, 0.2) is 12.1 Å².